The Labute approximate surface area is 165 Å². The fraction of sp³-hybridized carbons (Fsp3) is 0.667. The number of likely N-dealkylation sites (tertiary alicyclic amines) is 1. The maximum atomic E-state index is 12.6. The van der Waals surface area contributed by atoms with E-state index in [1.807, 2.05) is 12.3 Å². The van der Waals surface area contributed by atoms with Gasteiger partial charge in [-0.25, -0.2) is 9.97 Å². The summed E-state index contributed by atoms with van der Waals surface area (Å²) < 4.78 is 2.37. The Morgan fingerprint density at radius 1 is 1.07 bits per heavy atom. The molecule has 1 aliphatic heterocycles. The molecule has 5 nitrogen and oxygen atoms in total. The lowest BCUT2D eigenvalue weighted by Gasteiger charge is -2.25. The lowest BCUT2D eigenvalue weighted by Crippen LogP contribution is -2.33. The van der Waals surface area contributed by atoms with Gasteiger partial charge >= 0.3 is 0 Å². The minimum absolute atomic E-state index is 0.292. The topological polar surface area (TPSA) is 51.0 Å². The monoisotopic (exact) mass is 386 g/mol. The van der Waals surface area contributed by atoms with Gasteiger partial charge in [0.15, 0.2) is 5.65 Å². The molecule has 0 unspecified atom stereocenters. The Bertz CT molecular complexity index is 761. The molecular formula is C21H30N4OS. The lowest BCUT2D eigenvalue weighted by atomic mass is 9.95. The molecule has 0 aromatic carbocycles. The first-order valence-electron chi connectivity index (χ1n) is 10.5. The highest BCUT2D eigenvalue weighted by atomic mass is 32.2. The highest BCUT2D eigenvalue weighted by Gasteiger charge is 2.22. The molecule has 0 N–H and O–H groups in total. The number of rotatable bonds is 5. The molecule has 2 fully saturated rings. The first kappa shape index (κ1) is 18.8. The molecule has 1 saturated heterocycles. The molecule has 0 bridgehead atoms. The number of pyridine rings is 1. The third-order valence-electron chi connectivity index (χ3n) is 5.88. The molecule has 27 heavy (non-hydrogen) atoms. The van der Waals surface area contributed by atoms with E-state index in [9.17, 15) is 4.79 Å². The van der Waals surface area contributed by atoms with E-state index in [4.69, 9.17) is 4.98 Å². The van der Waals surface area contributed by atoms with Gasteiger partial charge < -0.3 is 9.47 Å². The zero-order chi connectivity index (χ0) is 18.5. The molecule has 6 heteroatoms. The van der Waals surface area contributed by atoms with E-state index in [2.05, 4.69) is 20.5 Å². The summed E-state index contributed by atoms with van der Waals surface area (Å²) in [5, 5.41) is 0. The second-order valence-electron chi connectivity index (χ2n) is 7.82. The highest BCUT2D eigenvalue weighted by Crippen LogP contribution is 2.32. The van der Waals surface area contributed by atoms with Crippen molar-refractivity contribution in [2.45, 2.75) is 69.6 Å². The summed E-state index contributed by atoms with van der Waals surface area (Å²) in [6.45, 7) is 1.87. The molecule has 0 radical (unpaired) electrons. The number of hydrogen-bond acceptors (Lipinski definition) is 4. The predicted octanol–water partition coefficient (Wildman–Crippen LogP) is 4.57. The summed E-state index contributed by atoms with van der Waals surface area (Å²) in [6, 6.07) is 4.52. The fourth-order valence-corrected chi connectivity index (χ4v) is 5.29. The minimum Gasteiger partial charge on any atom is -0.342 e. The van der Waals surface area contributed by atoms with Crippen LogP contribution in [0.25, 0.3) is 11.2 Å². The molecule has 2 aromatic rings. The van der Waals surface area contributed by atoms with Gasteiger partial charge in [-0.3, -0.25) is 4.79 Å². The summed E-state index contributed by atoms with van der Waals surface area (Å²) in [7, 11) is 0. The largest absolute Gasteiger partial charge is 0.342 e. The van der Waals surface area contributed by atoms with E-state index in [-0.39, 0.29) is 0 Å². The number of thioether (sulfide) groups is 1. The summed E-state index contributed by atoms with van der Waals surface area (Å²) in [5.74, 6) is 2.72. The summed E-state index contributed by atoms with van der Waals surface area (Å²) in [6.07, 6.45) is 13.0. The molecule has 146 valence electrons. The van der Waals surface area contributed by atoms with Gasteiger partial charge in [-0.2, -0.15) is 0 Å². The highest BCUT2D eigenvalue weighted by molar-refractivity contribution is 7.99. The van der Waals surface area contributed by atoms with Crippen LogP contribution < -0.4 is 0 Å². The van der Waals surface area contributed by atoms with Crippen LogP contribution in [0, 0.1) is 0 Å². The molecule has 0 spiro atoms. The Hall–Kier alpha value is -1.56. The Morgan fingerprint density at radius 3 is 2.59 bits per heavy atom. The van der Waals surface area contributed by atoms with Gasteiger partial charge in [0, 0.05) is 25.3 Å². The Morgan fingerprint density at radius 2 is 1.81 bits per heavy atom. The molecule has 2 aromatic heterocycles. The fourth-order valence-electron chi connectivity index (χ4n) is 4.44. The van der Waals surface area contributed by atoms with Gasteiger partial charge in [-0.1, -0.05) is 32.1 Å². The Kier molecular flexibility index (Phi) is 6.32. The quantitative estimate of drug-likeness (QED) is 0.755. The maximum Gasteiger partial charge on any atom is 0.232 e. The van der Waals surface area contributed by atoms with Crippen LogP contribution in [0.15, 0.2) is 18.3 Å². The lowest BCUT2D eigenvalue weighted by molar-refractivity contribution is -0.128. The third-order valence-corrected chi connectivity index (χ3v) is 6.79. The van der Waals surface area contributed by atoms with Gasteiger partial charge in [-0.15, -0.1) is 11.8 Å². The van der Waals surface area contributed by atoms with Crippen molar-refractivity contribution in [2.24, 2.45) is 0 Å². The average Bonchev–Trinajstić information content (AvgIpc) is 2.87. The number of carbonyl (C=O) groups excluding carboxylic acids is 1. The zero-order valence-corrected chi connectivity index (χ0v) is 16.9. The SMILES string of the molecule is O=C(CSCc1nc2cccnc2n1C1CCCCC1)N1CCCCCC1. The zero-order valence-electron chi connectivity index (χ0n) is 16.1. The number of aromatic nitrogens is 3. The van der Waals surface area contributed by atoms with Crippen LogP contribution in [0.5, 0.6) is 0 Å². The van der Waals surface area contributed by atoms with Gasteiger partial charge in [0.05, 0.1) is 11.5 Å². The smallest absolute Gasteiger partial charge is 0.232 e. The van der Waals surface area contributed by atoms with Crippen molar-refractivity contribution in [2.75, 3.05) is 18.8 Å². The Balaban J connectivity index is 1.44. The molecular weight excluding hydrogens is 356 g/mol. The van der Waals surface area contributed by atoms with E-state index >= 15 is 0 Å². The van der Waals surface area contributed by atoms with Crippen LogP contribution in [0.1, 0.15) is 69.7 Å². The van der Waals surface area contributed by atoms with Crippen LogP contribution in [0.3, 0.4) is 0 Å². The molecule has 0 atom stereocenters. The minimum atomic E-state index is 0.292. The summed E-state index contributed by atoms with van der Waals surface area (Å²) >= 11 is 1.71. The van der Waals surface area contributed by atoms with Gasteiger partial charge in [-0.05, 0) is 37.8 Å². The maximum absolute atomic E-state index is 12.6. The number of hydrogen-bond donors (Lipinski definition) is 0. The predicted molar refractivity (Wildman–Crippen MR) is 111 cm³/mol. The second-order valence-corrected chi connectivity index (χ2v) is 8.81. The number of amides is 1. The second kappa shape index (κ2) is 9.09. The first-order valence-corrected chi connectivity index (χ1v) is 11.7. The first-order chi connectivity index (χ1) is 13.3. The van der Waals surface area contributed by atoms with Crippen molar-refractivity contribution in [3.05, 3.63) is 24.2 Å². The van der Waals surface area contributed by atoms with E-state index < -0.39 is 0 Å². The molecule has 3 heterocycles. The van der Waals surface area contributed by atoms with Crippen LogP contribution in [-0.4, -0.2) is 44.2 Å². The van der Waals surface area contributed by atoms with Crippen LogP contribution in [0.4, 0.5) is 0 Å². The normalized spacial score (nSPS) is 19.3. The molecule has 1 saturated carbocycles. The third kappa shape index (κ3) is 4.48. The number of nitrogens with zero attached hydrogens (tertiary/aromatic N) is 4. The molecule has 1 aliphatic carbocycles. The van der Waals surface area contributed by atoms with Crippen molar-refractivity contribution in [3.8, 4) is 0 Å². The van der Waals surface area contributed by atoms with Gasteiger partial charge in [0.1, 0.15) is 11.3 Å². The van der Waals surface area contributed by atoms with Crippen molar-refractivity contribution in [1.29, 1.82) is 0 Å². The van der Waals surface area contributed by atoms with E-state index in [1.165, 1.54) is 44.9 Å². The molecule has 1 amide bonds. The van der Waals surface area contributed by atoms with Crippen molar-refractivity contribution in [1.82, 2.24) is 19.4 Å². The van der Waals surface area contributed by atoms with E-state index in [0.717, 1.165) is 48.7 Å². The van der Waals surface area contributed by atoms with Crippen molar-refractivity contribution in [3.63, 3.8) is 0 Å². The van der Waals surface area contributed by atoms with E-state index in [1.54, 1.807) is 11.8 Å². The van der Waals surface area contributed by atoms with Crippen molar-refractivity contribution < 1.29 is 4.79 Å². The number of carbonyl (C=O) groups is 1. The standard InChI is InChI=1S/C21H30N4OS/c26-20(24-13-6-1-2-7-14-24)16-27-15-19-23-18-11-8-12-22-21(18)25(19)17-9-4-3-5-10-17/h8,11-12,17H,1-7,9-10,13-16H2. The summed E-state index contributed by atoms with van der Waals surface area (Å²) in [4.78, 5) is 24.1. The van der Waals surface area contributed by atoms with Gasteiger partial charge in [0.2, 0.25) is 5.91 Å². The molecule has 4 rings (SSSR count). The number of imidazole rings is 1. The van der Waals surface area contributed by atoms with Crippen molar-refractivity contribution >= 4 is 28.8 Å². The van der Waals surface area contributed by atoms with Crippen LogP contribution in [0.2, 0.25) is 0 Å². The summed E-state index contributed by atoms with van der Waals surface area (Å²) in [5.41, 5.74) is 2.00. The van der Waals surface area contributed by atoms with Gasteiger partial charge in [0.25, 0.3) is 0 Å². The van der Waals surface area contributed by atoms with Crippen LogP contribution >= 0.6 is 11.8 Å². The number of fused-ring (bicyclic) bond motifs is 1. The molecule has 2 aliphatic rings. The average molecular weight is 387 g/mol. The van der Waals surface area contributed by atoms with Crippen LogP contribution in [-0.2, 0) is 10.5 Å². The van der Waals surface area contributed by atoms with E-state index in [0.29, 0.717) is 17.7 Å².